The number of hydrogen-bond acceptors (Lipinski definition) is 1. The first-order valence-electron chi connectivity index (χ1n) is 6.68. The molecule has 2 unspecified atom stereocenters. The van der Waals surface area contributed by atoms with Gasteiger partial charge in [0.2, 0.25) is 0 Å². The average Bonchev–Trinajstić information content (AvgIpc) is 2.75. The summed E-state index contributed by atoms with van der Waals surface area (Å²) < 4.78 is 0. The molecular formula is C15H23N. The van der Waals surface area contributed by atoms with Gasteiger partial charge >= 0.3 is 0 Å². The van der Waals surface area contributed by atoms with Crippen molar-refractivity contribution in [2.45, 2.75) is 51.5 Å². The van der Waals surface area contributed by atoms with E-state index in [4.69, 9.17) is 0 Å². The molecule has 0 aliphatic heterocycles. The van der Waals surface area contributed by atoms with Crippen molar-refractivity contribution in [3.63, 3.8) is 0 Å². The molecule has 0 amide bonds. The summed E-state index contributed by atoms with van der Waals surface area (Å²) in [6.45, 7) is 5.69. The molecule has 0 aromatic heterocycles. The van der Waals surface area contributed by atoms with Gasteiger partial charge in [-0.2, -0.15) is 0 Å². The van der Waals surface area contributed by atoms with Crippen LogP contribution in [0.15, 0.2) is 24.3 Å². The molecule has 1 heteroatoms. The van der Waals surface area contributed by atoms with Gasteiger partial charge in [0, 0.05) is 6.04 Å². The van der Waals surface area contributed by atoms with Crippen LogP contribution in [0.1, 0.15) is 50.2 Å². The maximum Gasteiger partial charge on any atom is 0.0133 e. The molecule has 2 rings (SSSR count). The summed E-state index contributed by atoms with van der Waals surface area (Å²) in [5.74, 6) is 0.743. The third-order valence-corrected chi connectivity index (χ3v) is 3.76. The fourth-order valence-corrected chi connectivity index (χ4v) is 2.91. The largest absolute Gasteiger partial charge is 0.313 e. The molecule has 1 aromatic rings. The summed E-state index contributed by atoms with van der Waals surface area (Å²) in [6.07, 6.45) is 5.06. The van der Waals surface area contributed by atoms with Crippen LogP contribution in [0.3, 0.4) is 0 Å². The zero-order valence-corrected chi connectivity index (χ0v) is 10.5. The second-order valence-corrected chi connectivity index (χ2v) is 4.81. The Morgan fingerprint density at radius 3 is 2.88 bits per heavy atom. The van der Waals surface area contributed by atoms with Gasteiger partial charge in [0.15, 0.2) is 0 Å². The van der Waals surface area contributed by atoms with Gasteiger partial charge < -0.3 is 5.32 Å². The second kappa shape index (κ2) is 5.49. The number of hydrogen-bond donors (Lipinski definition) is 1. The summed E-state index contributed by atoms with van der Waals surface area (Å²) in [5, 5.41) is 3.70. The molecule has 1 aliphatic carbocycles. The van der Waals surface area contributed by atoms with Crippen LogP contribution < -0.4 is 5.32 Å². The first kappa shape index (κ1) is 11.7. The van der Waals surface area contributed by atoms with Crippen LogP contribution >= 0.6 is 0 Å². The molecule has 0 heterocycles. The Morgan fingerprint density at radius 2 is 2.12 bits per heavy atom. The van der Waals surface area contributed by atoms with Gasteiger partial charge in [-0.05, 0) is 49.3 Å². The zero-order chi connectivity index (χ0) is 11.4. The molecule has 1 aromatic carbocycles. The van der Waals surface area contributed by atoms with E-state index in [1.807, 2.05) is 0 Å². The molecule has 1 N–H and O–H groups in total. The summed E-state index contributed by atoms with van der Waals surface area (Å²) in [4.78, 5) is 0. The number of aryl methyl sites for hydroxylation is 1. The predicted octanol–water partition coefficient (Wildman–Crippen LogP) is 3.49. The van der Waals surface area contributed by atoms with Gasteiger partial charge in [-0.25, -0.2) is 0 Å². The third-order valence-electron chi connectivity index (χ3n) is 3.76. The van der Waals surface area contributed by atoms with Crippen molar-refractivity contribution >= 4 is 0 Å². The Balaban J connectivity index is 2.10. The van der Waals surface area contributed by atoms with Crippen LogP contribution in [0.25, 0.3) is 0 Å². The minimum atomic E-state index is 0.670. The van der Waals surface area contributed by atoms with Crippen LogP contribution in [0, 0.1) is 0 Å². The average molecular weight is 217 g/mol. The van der Waals surface area contributed by atoms with Crippen LogP contribution in [-0.4, -0.2) is 12.6 Å². The Labute approximate surface area is 99.3 Å². The highest BCUT2D eigenvalue weighted by Gasteiger charge is 2.27. The van der Waals surface area contributed by atoms with Gasteiger partial charge in [-0.1, -0.05) is 38.1 Å². The lowest BCUT2D eigenvalue weighted by Crippen LogP contribution is -2.34. The first-order valence-corrected chi connectivity index (χ1v) is 6.68. The number of nitrogens with one attached hydrogen (secondary N) is 1. The van der Waals surface area contributed by atoms with Gasteiger partial charge in [-0.3, -0.25) is 0 Å². The molecule has 0 saturated carbocycles. The molecule has 88 valence electrons. The van der Waals surface area contributed by atoms with Gasteiger partial charge in [0.05, 0.1) is 0 Å². The van der Waals surface area contributed by atoms with E-state index in [-0.39, 0.29) is 0 Å². The van der Waals surface area contributed by atoms with Crippen molar-refractivity contribution in [3.05, 3.63) is 35.4 Å². The van der Waals surface area contributed by atoms with E-state index in [1.165, 1.54) is 25.7 Å². The highest BCUT2D eigenvalue weighted by molar-refractivity contribution is 5.35. The molecule has 16 heavy (non-hydrogen) atoms. The van der Waals surface area contributed by atoms with E-state index in [2.05, 4.69) is 43.4 Å². The monoisotopic (exact) mass is 217 g/mol. The van der Waals surface area contributed by atoms with Crippen molar-refractivity contribution in [2.75, 3.05) is 6.54 Å². The van der Waals surface area contributed by atoms with Gasteiger partial charge in [-0.15, -0.1) is 0 Å². The lowest BCUT2D eigenvalue weighted by Gasteiger charge is -2.24. The zero-order valence-electron chi connectivity index (χ0n) is 10.5. The van der Waals surface area contributed by atoms with Gasteiger partial charge in [0.1, 0.15) is 0 Å². The third kappa shape index (κ3) is 2.30. The van der Waals surface area contributed by atoms with Crippen molar-refractivity contribution in [1.82, 2.24) is 5.32 Å². The lowest BCUT2D eigenvalue weighted by atomic mass is 9.91. The second-order valence-electron chi connectivity index (χ2n) is 4.81. The van der Waals surface area contributed by atoms with E-state index in [1.54, 1.807) is 11.1 Å². The number of rotatable bonds is 5. The minimum absolute atomic E-state index is 0.670. The Kier molecular flexibility index (Phi) is 4.00. The fraction of sp³-hybridized carbons (Fsp3) is 0.600. The Morgan fingerprint density at radius 1 is 1.31 bits per heavy atom. The lowest BCUT2D eigenvalue weighted by molar-refractivity contribution is 0.418. The molecule has 0 spiro atoms. The van der Waals surface area contributed by atoms with Crippen LogP contribution in [0.2, 0.25) is 0 Å². The van der Waals surface area contributed by atoms with Crippen LogP contribution in [0.5, 0.6) is 0 Å². The Bertz CT molecular complexity index is 332. The molecule has 0 saturated heterocycles. The fourth-order valence-electron chi connectivity index (χ4n) is 2.91. The molecule has 2 atom stereocenters. The summed E-state index contributed by atoms with van der Waals surface area (Å²) in [6, 6.07) is 9.64. The van der Waals surface area contributed by atoms with E-state index < -0.39 is 0 Å². The predicted molar refractivity (Wildman–Crippen MR) is 69.9 cm³/mol. The highest BCUT2D eigenvalue weighted by atomic mass is 14.9. The number of fused-ring (bicyclic) bond motifs is 1. The van der Waals surface area contributed by atoms with E-state index in [9.17, 15) is 0 Å². The van der Waals surface area contributed by atoms with Crippen LogP contribution in [0.4, 0.5) is 0 Å². The topological polar surface area (TPSA) is 12.0 Å². The highest BCUT2D eigenvalue weighted by Crippen LogP contribution is 2.36. The minimum Gasteiger partial charge on any atom is -0.313 e. The normalized spacial score (nSPS) is 20.8. The van der Waals surface area contributed by atoms with Crippen molar-refractivity contribution in [3.8, 4) is 0 Å². The maximum absolute atomic E-state index is 3.70. The Hall–Kier alpha value is -0.820. The summed E-state index contributed by atoms with van der Waals surface area (Å²) in [7, 11) is 0. The van der Waals surface area contributed by atoms with E-state index in [0.29, 0.717) is 6.04 Å². The standard InChI is InChI=1S/C15H23N/c1-3-11-16-15(4-2)14-10-9-12-7-5-6-8-13(12)14/h5-8,14-16H,3-4,9-11H2,1-2H3. The molecule has 0 bridgehead atoms. The molecular weight excluding hydrogens is 194 g/mol. The first-order chi connectivity index (χ1) is 7.86. The molecule has 0 radical (unpaired) electrons. The maximum atomic E-state index is 3.70. The SMILES string of the molecule is CCCNC(CC)C1CCc2ccccc21. The van der Waals surface area contributed by atoms with Crippen molar-refractivity contribution in [2.24, 2.45) is 0 Å². The smallest absolute Gasteiger partial charge is 0.0133 e. The molecule has 1 nitrogen and oxygen atoms in total. The number of benzene rings is 1. The molecule has 1 aliphatic rings. The van der Waals surface area contributed by atoms with Gasteiger partial charge in [0.25, 0.3) is 0 Å². The van der Waals surface area contributed by atoms with Crippen LogP contribution in [-0.2, 0) is 6.42 Å². The summed E-state index contributed by atoms with van der Waals surface area (Å²) in [5.41, 5.74) is 3.17. The van der Waals surface area contributed by atoms with E-state index in [0.717, 1.165) is 12.5 Å². The van der Waals surface area contributed by atoms with E-state index >= 15 is 0 Å². The quantitative estimate of drug-likeness (QED) is 0.796. The van der Waals surface area contributed by atoms with Crippen molar-refractivity contribution in [1.29, 1.82) is 0 Å². The molecule has 0 fully saturated rings. The summed E-state index contributed by atoms with van der Waals surface area (Å²) >= 11 is 0. The van der Waals surface area contributed by atoms with Crippen molar-refractivity contribution < 1.29 is 0 Å².